The monoisotopic (exact) mass is 183 g/mol. The molecule has 2 heteroatoms. The highest BCUT2D eigenvalue weighted by Crippen LogP contribution is 2.23. The molecule has 0 saturated carbocycles. The van der Waals surface area contributed by atoms with Crippen molar-refractivity contribution in [2.24, 2.45) is 0 Å². The molecule has 0 N–H and O–H groups in total. The molecule has 0 aromatic carbocycles. The molecule has 2 unspecified atom stereocenters. The third-order valence-corrected chi connectivity index (χ3v) is 3.90. The first kappa shape index (κ1) is 9.95. The van der Waals surface area contributed by atoms with Crippen LogP contribution in [0.4, 0.5) is 0 Å². The van der Waals surface area contributed by atoms with Crippen molar-refractivity contribution >= 4 is 11.8 Å². The molecule has 1 aliphatic rings. The van der Waals surface area contributed by atoms with Crippen LogP contribution in [0.5, 0.6) is 0 Å². The first-order valence-electron chi connectivity index (χ1n) is 4.55. The molecule has 1 aliphatic heterocycles. The van der Waals surface area contributed by atoms with Gasteiger partial charge in [0.15, 0.2) is 0 Å². The zero-order valence-electron chi connectivity index (χ0n) is 7.92. The summed E-state index contributed by atoms with van der Waals surface area (Å²) in [5, 5.41) is 0.761. The Kier molecular flexibility index (Phi) is 3.97. The summed E-state index contributed by atoms with van der Waals surface area (Å²) in [4.78, 5) is 2.50. The quantitative estimate of drug-likeness (QED) is 0.601. The van der Waals surface area contributed by atoms with E-state index in [-0.39, 0.29) is 0 Å². The number of terminal acetylenes is 1. The molecule has 0 aromatic heterocycles. The van der Waals surface area contributed by atoms with E-state index < -0.39 is 0 Å². The zero-order chi connectivity index (χ0) is 8.97. The van der Waals surface area contributed by atoms with Gasteiger partial charge in [0.1, 0.15) is 0 Å². The van der Waals surface area contributed by atoms with Crippen LogP contribution in [0.3, 0.4) is 0 Å². The van der Waals surface area contributed by atoms with Gasteiger partial charge < -0.3 is 0 Å². The summed E-state index contributed by atoms with van der Waals surface area (Å²) in [6, 6.07) is 0.692. The fraction of sp³-hybridized carbons (Fsp3) is 0.800. The van der Waals surface area contributed by atoms with Gasteiger partial charge in [-0.15, -0.1) is 12.3 Å². The zero-order valence-corrected chi connectivity index (χ0v) is 8.73. The Balaban J connectivity index is 2.36. The van der Waals surface area contributed by atoms with Crippen molar-refractivity contribution in [1.29, 1.82) is 0 Å². The Labute approximate surface area is 79.9 Å². The predicted molar refractivity (Wildman–Crippen MR) is 56.4 cm³/mol. The number of rotatable bonds is 2. The van der Waals surface area contributed by atoms with Gasteiger partial charge in [-0.1, -0.05) is 6.92 Å². The third-order valence-electron chi connectivity index (χ3n) is 2.56. The average Bonchev–Trinajstić information content (AvgIpc) is 2.08. The van der Waals surface area contributed by atoms with Crippen LogP contribution in [0.25, 0.3) is 0 Å². The Morgan fingerprint density at radius 3 is 3.00 bits per heavy atom. The van der Waals surface area contributed by atoms with E-state index in [1.807, 2.05) is 0 Å². The van der Waals surface area contributed by atoms with Crippen molar-refractivity contribution < 1.29 is 0 Å². The first-order valence-corrected chi connectivity index (χ1v) is 5.59. The van der Waals surface area contributed by atoms with Crippen molar-refractivity contribution in [1.82, 2.24) is 4.90 Å². The van der Waals surface area contributed by atoms with E-state index in [0.29, 0.717) is 6.04 Å². The van der Waals surface area contributed by atoms with Gasteiger partial charge in [0, 0.05) is 36.6 Å². The lowest BCUT2D eigenvalue weighted by Crippen LogP contribution is -2.44. The molecule has 0 bridgehead atoms. The summed E-state index contributed by atoms with van der Waals surface area (Å²) in [5.74, 6) is 3.96. The van der Waals surface area contributed by atoms with Gasteiger partial charge in [-0.25, -0.2) is 0 Å². The Morgan fingerprint density at radius 1 is 1.58 bits per heavy atom. The lowest BCUT2D eigenvalue weighted by molar-refractivity contribution is 0.218. The van der Waals surface area contributed by atoms with Crippen LogP contribution in [0.2, 0.25) is 0 Å². The Bertz CT molecular complexity index is 173. The van der Waals surface area contributed by atoms with Gasteiger partial charge in [-0.2, -0.15) is 11.8 Å². The summed E-state index contributed by atoms with van der Waals surface area (Å²) in [7, 11) is 0. The third kappa shape index (κ3) is 2.43. The molecule has 12 heavy (non-hydrogen) atoms. The van der Waals surface area contributed by atoms with Crippen LogP contribution in [-0.2, 0) is 0 Å². The minimum Gasteiger partial charge on any atom is -0.298 e. The molecule has 1 nitrogen and oxygen atoms in total. The summed E-state index contributed by atoms with van der Waals surface area (Å²) in [6.45, 7) is 6.88. The summed E-state index contributed by atoms with van der Waals surface area (Å²) in [6.07, 6.45) is 6.13. The normalized spacial score (nSPS) is 31.4. The molecule has 1 rings (SSSR count). The van der Waals surface area contributed by atoms with E-state index >= 15 is 0 Å². The molecule has 0 spiro atoms. The molecule has 1 fully saturated rings. The summed E-state index contributed by atoms with van der Waals surface area (Å²) >= 11 is 2.07. The van der Waals surface area contributed by atoms with Crippen molar-refractivity contribution in [3.8, 4) is 12.3 Å². The van der Waals surface area contributed by atoms with E-state index in [1.165, 1.54) is 12.3 Å². The summed E-state index contributed by atoms with van der Waals surface area (Å²) in [5.41, 5.74) is 0. The second-order valence-electron chi connectivity index (χ2n) is 3.31. The van der Waals surface area contributed by atoms with Gasteiger partial charge in [0.2, 0.25) is 0 Å². The molecule has 1 heterocycles. The van der Waals surface area contributed by atoms with Crippen LogP contribution in [-0.4, -0.2) is 35.0 Å². The maximum Gasteiger partial charge on any atom is 0.0214 e. The highest BCUT2D eigenvalue weighted by Gasteiger charge is 2.23. The fourth-order valence-electron chi connectivity index (χ4n) is 1.52. The van der Waals surface area contributed by atoms with Crippen LogP contribution in [0.15, 0.2) is 0 Å². The lowest BCUT2D eigenvalue weighted by Gasteiger charge is -2.37. The van der Waals surface area contributed by atoms with Gasteiger partial charge >= 0.3 is 0 Å². The number of hydrogen-bond donors (Lipinski definition) is 0. The number of thioether (sulfide) groups is 1. The van der Waals surface area contributed by atoms with Crippen molar-refractivity contribution in [2.75, 3.05) is 18.8 Å². The second kappa shape index (κ2) is 4.79. The number of nitrogens with zero attached hydrogens (tertiary/aromatic N) is 1. The standard InChI is InChI=1S/C10H17NS/c1-4-5-6-11-7-8-12-10(3)9(11)2/h1,9-10H,5-8H2,2-3H3. The molecule has 0 aliphatic carbocycles. The molecule has 0 amide bonds. The maximum absolute atomic E-state index is 5.24. The van der Waals surface area contributed by atoms with Crippen molar-refractivity contribution in [2.45, 2.75) is 31.6 Å². The van der Waals surface area contributed by atoms with E-state index in [1.54, 1.807) is 0 Å². The molecule has 2 atom stereocenters. The van der Waals surface area contributed by atoms with Gasteiger partial charge in [-0.05, 0) is 6.92 Å². The lowest BCUT2D eigenvalue weighted by atomic mass is 10.2. The van der Waals surface area contributed by atoms with Crippen LogP contribution in [0, 0.1) is 12.3 Å². The van der Waals surface area contributed by atoms with Crippen LogP contribution in [0.1, 0.15) is 20.3 Å². The minimum atomic E-state index is 0.692. The minimum absolute atomic E-state index is 0.692. The molecule has 0 radical (unpaired) electrons. The SMILES string of the molecule is C#CCCN1CCSC(C)C1C. The van der Waals surface area contributed by atoms with E-state index in [2.05, 4.69) is 36.4 Å². The second-order valence-corrected chi connectivity index (χ2v) is 4.79. The van der Waals surface area contributed by atoms with Crippen molar-refractivity contribution in [3.63, 3.8) is 0 Å². The fourth-order valence-corrected chi connectivity index (χ4v) is 2.68. The Morgan fingerprint density at radius 2 is 2.33 bits per heavy atom. The van der Waals surface area contributed by atoms with E-state index in [4.69, 9.17) is 6.42 Å². The smallest absolute Gasteiger partial charge is 0.0214 e. The summed E-state index contributed by atoms with van der Waals surface area (Å²) < 4.78 is 0. The first-order chi connectivity index (χ1) is 5.75. The van der Waals surface area contributed by atoms with Crippen LogP contribution >= 0.6 is 11.8 Å². The molecule has 0 aromatic rings. The Hall–Kier alpha value is -0.130. The maximum atomic E-state index is 5.24. The van der Waals surface area contributed by atoms with Crippen molar-refractivity contribution in [3.05, 3.63) is 0 Å². The molecule has 68 valence electrons. The number of hydrogen-bond acceptors (Lipinski definition) is 2. The molecular formula is C10H17NS. The van der Waals surface area contributed by atoms with Crippen LogP contribution < -0.4 is 0 Å². The average molecular weight is 183 g/mol. The van der Waals surface area contributed by atoms with E-state index in [0.717, 1.165) is 18.2 Å². The van der Waals surface area contributed by atoms with E-state index in [9.17, 15) is 0 Å². The van der Waals surface area contributed by atoms with Gasteiger partial charge in [0.05, 0.1) is 0 Å². The highest BCUT2D eigenvalue weighted by molar-refractivity contribution is 8.00. The molecule has 1 saturated heterocycles. The molecular weight excluding hydrogens is 166 g/mol. The van der Waals surface area contributed by atoms with Gasteiger partial charge in [-0.3, -0.25) is 4.90 Å². The van der Waals surface area contributed by atoms with Gasteiger partial charge in [0.25, 0.3) is 0 Å². The highest BCUT2D eigenvalue weighted by atomic mass is 32.2. The predicted octanol–water partition coefficient (Wildman–Crippen LogP) is 1.84. The topological polar surface area (TPSA) is 3.24 Å². The largest absolute Gasteiger partial charge is 0.298 e.